The number of aromatic nitrogens is 2. The topological polar surface area (TPSA) is 35.5 Å². The van der Waals surface area contributed by atoms with Gasteiger partial charge in [0.05, 0.1) is 5.88 Å². The van der Waals surface area contributed by atoms with E-state index in [1.54, 1.807) is 6.33 Å². The maximum absolute atomic E-state index is 4.74. The number of nitrogens with zero attached hydrogens (tertiary/aromatic N) is 5. The second-order valence-corrected chi connectivity index (χ2v) is 8.97. The maximum atomic E-state index is 4.74. The number of anilines is 3. The van der Waals surface area contributed by atoms with E-state index in [1.807, 2.05) is 11.8 Å². The lowest BCUT2D eigenvalue weighted by Gasteiger charge is -2.27. The van der Waals surface area contributed by atoms with E-state index in [9.17, 15) is 0 Å². The van der Waals surface area contributed by atoms with E-state index >= 15 is 0 Å². The van der Waals surface area contributed by atoms with Gasteiger partial charge in [0.15, 0.2) is 5.82 Å². The molecule has 1 aromatic heterocycles. The molecule has 0 unspecified atom stereocenters. The lowest BCUT2D eigenvalue weighted by Crippen LogP contribution is -2.29. The second kappa shape index (κ2) is 6.74. The molecule has 4 rings (SSSR count). The van der Waals surface area contributed by atoms with Crippen LogP contribution >= 0.6 is 11.8 Å². The Morgan fingerprint density at radius 1 is 1.19 bits per heavy atom. The minimum absolute atomic E-state index is 0.121. The van der Waals surface area contributed by atoms with Gasteiger partial charge in [-0.05, 0) is 38.7 Å². The Bertz CT molecular complexity index is 805. The molecule has 0 fully saturated rings. The molecule has 3 heterocycles. The van der Waals surface area contributed by atoms with Crippen LogP contribution in [0.3, 0.4) is 0 Å². The van der Waals surface area contributed by atoms with Gasteiger partial charge in [0.2, 0.25) is 0 Å². The van der Waals surface area contributed by atoms with Crippen molar-refractivity contribution in [1.29, 1.82) is 0 Å². The quantitative estimate of drug-likeness (QED) is 0.748. The van der Waals surface area contributed by atoms with Crippen molar-refractivity contribution >= 4 is 29.0 Å². The average molecular weight is 370 g/mol. The van der Waals surface area contributed by atoms with E-state index in [0.29, 0.717) is 0 Å². The van der Waals surface area contributed by atoms with E-state index in [2.05, 4.69) is 71.9 Å². The number of rotatable bonds is 5. The molecule has 6 heteroatoms. The van der Waals surface area contributed by atoms with Gasteiger partial charge in [-0.2, -0.15) is 0 Å². The predicted molar refractivity (Wildman–Crippen MR) is 110 cm³/mol. The summed E-state index contributed by atoms with van der Waals surface area (Å²) in [6.07, 6.45) is 2.86. The summed E-state index contributed by atoms with van der Waals surface area (Å²) < 4.78 is 0. The zero-order valence-electron chi connectivity index (χ0n) is 16.1. The van der Waals surface area contributed by atoms with Crippen molar-refractivity contribution in [3.05, 3.63) is 36.2 Å². The number of fused-ring (bicyclic) bond motifs is 2. The Morgan fingerprint density at radius 2 is 2.00 bits per heavy atom. The number of benzene rings is 1. The zero-order valence-corrected chi connectivity index (χ0v) is 16.9. The molecule has 0 atom stereocenters. The average Bonchev–Trinajstić information content (AvgIpc) is 3.14. The first kappa shape index (κ1) is 17.6. The van der Waals surface area contributed by atoms with Gasteiger partial charge >= 0.3 is 0 Å². The van der Waals surface area contributed by atoms with Crippen molar-refractivity contribution in [3.8, 4) is 0 Å². The molecule has 0 saturated heterocycles. The van der Waals surface area contributed by atoms with Crippen LogP contribution in [0, 0.1) is 0 Å². The molecule has 2 aromatic rings. The summed E-state index contributed by atoms with van der Waals surface area (Å²) in [5.74, 6) is 2.02. The van der Waals surface area contributed by atoms with Crippen LogP contribution < -0.4 is 9.80 Å². The van der Waals surface area contributed by atoms with E-state index in [-0.39, 0.29) is 5.41 Å². The van der Waals surface area contributed by atoms with Gasteiger partial charge in [-0.3, -0.25) is 0 Å². The van der Waals surface area contributed by atoms with Crippen LogP contribution in [0.5, 0.6) is 0 Å². The van der Waals surface area contributed by atoms with Crippen molar-refractivity contribution in [2.45, 2.75) is 30.7 Å². The van der Waals surface area contributed by atoms with Crippen molar-refractivity contribution in [1.82, 2.24) is 14.9 Å². The molecule has 26 heavy (non-hydrogen) atoms. The Labute approximate surface area is 160 Å². The van der Waals surface area contributed by atoms with Gasteiger partial charge in [-0.15, -0.1) is 0 Å². The van der Waals surface area contributed by atoms with E-state index in [0.717, 1.165) is 42.8 Å². The molecule has 5 nitrogen and oxygen atoms in total. The summed E-state index contributed by atoms with van der Waals surface area (Å²) >= 11 is 1.82. The van der Waals surface area contributed by atoms with Gasteiger partial charge < -0.3 is 14.7 Å². The van der Waals surface area contributed by atoms with Gasteiger partial charge in [0.1, 0.15) is 17.0 Å². The van der Waals surface area contributed by atoms with Crippen LogP contribution in [0.25, 0.3) is 0 Å². The third-order valence-corrected chi connectivity index (χ3v) is 6.22. The summed E-state index contributed by atoms with van der Waals surface area (Å²) in [5, 5.41) is 1.11. The zero-order chi connectivity index (χ0) is 18.3. The standard InChI is InChI=1S/C20H27N5S/c1-20(2)12-25(16-9-6-5-8-15(16)20)18-17-19(22-13-21-18)26-14-24(17)11-7-10-23(3)4/h5-6,8-9,13H,7,10-12,14H2,1-4H3. The molecule has 2 aliphatic rings. The first-order chi connectivity index (χ1) is 12.5. The van der Waals surface area contributed by atoms with Crippen LogP contribution in [0.15, 0.2) is 35.6 Å². The van der Waals surface area contributed by atoms with Gasteiger partial charge in [0, 0.05) is 24.2 Å². The molecule has 0 aliphatic carbocycles. The monoisotopic (exact) mass is 369 g/mol. The van der Waals surface area contributed by atoms with Crippen molar-refractivity contribution in [2.75, 3.05) is 49.4 Å². The van der Waals surface area contributed by atoms with Crippen LogP contribution in [-0.4, -0.2) is 54.5 Å². The van der Waals surface area contributed by atoms with Gasteiger partial charge in [0.25, 0.3) is 0 Å². The predicted octanol–water partition coefficient (Wildman–Crippen LogP) is 3.73. The fourth-order valence-electron chi connectivity index (χ4n) is 3.93. The molecule has 0 saturated carbocycles. The number of hydrogen-bond donors (Lipinski definition) is 0. The van der Waals surface area contributed by atoms with Crippen LogP contribution in [0.4, 0.5) is 17.2 Å². The molecule has 138 valence electrons. The summed E-state index contributed by atoms with van der Waals surface area (Å²) in [7, 11) is 4.26. The number of para-hydroxylation sites is 1. The summed E-state index contributed by atoms with van der Waals surface area (Å²) in [5.41, 5.74) is 4.01. The lowest BCUT2D eigenvalue weighted by molar-refractivity contribution is 0.401. The molecule has 0 N–H and O–H groups in total. The van der Waals surface area contributed by atoms with Crippen LogP contribution in [0.1, 0.15) is 25.8 Å². The Kier molecular flexibility index (Phi) is 4.57. The van der Waals surface area contributed by atoms with Gasteiger partial charge in [-0.1, -0.05) is 43.8 Å². The molecular weight excluding hydrogens is 342 g/mol. The summed E-state index contributed by atoms with van der Waals surface area (Å²) in [4.78, 5) is 16.4. The Morgan fingerprint density at radius 3 is 2.81 bits per heavy atom. The van der Waals surface area contributed by atoms with Crippen LogP contribution in [-0.2, 0) is 5.41 Å². The second-order valence-electron chi connectivity index (χ2n) is 8.03. The first-order valence-corrected chi connectivity index (χ1v) is 10.2. The smallest absolute Gasteiger partial charge is 0.161 e. The fraction of sp³-hybridized carbons (Fsp3) is 0.500. The highest BCUT2D eigenvalue weighted by atomic mass is 32.2. The fourth-order valence-corrected chi connectivity index (χ4v) is 4.94. The highest BCUT2D eigenvalue weighted by molar-refractivity contribution is 7.99. The highest BCUT2D eigenvalue weighted by Gasteiger charge is 2.38. The maximum Gasteiger partial charge on any atom is 0.161 e. The van der Waals surface area contributed by atoms with Crippen molar-refractivity contribution in [3.63, 3.8) is 0 Å². The lowest BCUT2D eigenvalue weighted by atomic mass is 9.87. The van der Waals surface area contributed by atoms with E-state index in [1.165, 1.54) is 16.9 Å². The first-order valence-electron chi connectivity index (χ1n) is 9.22. The van der Waals surface area contributed by atoms with Crippen LogP contribution in [0.2, 0.25) is 0 Å². The number of hydrogen-bond acceptors (Lipinski definition) is 6. The summed E-state index contributed by atoms with van der Waals surface area (Å²) in [6.45, 7) is 7.72. The molecule has 0 radical (unpaired) electrons. The summed E-state index contributed by atoms with van der Waals surface area (Å²) in [6, 6.07) is 8.73. The molecular formula is C20H27N5S. The molecule has 2 aliphatic heterocycles. The van der Waals surface area contributed by atoms with E-state index in [4.69, 9.17) is 4.98 Å². The normalized spacial score (nSPS) is 17.7. The van der Waals surface area contributed by atoms with Crippen molar-refractivity contribution < 1.29 is 0 Å². The largest absolute Gasteiger partial charge is 0.357 e. The van der Waals surface area contributed by atoms with Crippen molar-refractivity contribution in [2.24, 2.45) is 0 Å². The van der Waals surface area contributed by atoms with E-state index < -0.39 is 0 Å². The Balaban J connectivity index is 1.68. The molecule has 0 spiro atoms. The van der Waals surface area contributed by atoms with Gasteiger partial charge in [-0.25, -0.2) is 9.97 Å². The minimum Gasteiger partial charge on any atom is -0.357 e. The molecule has 0 bridgehead atoms. The minimum atomic E-state index is 0.121. The SMILES string of the molecule is CN(C)CCCN1CSc2ncnc(N3CC(C)(C)c4ccccc43)c21. The molecule has 0 amide bonds. The highest BCUT2D eigenvalue weighted by Crippen LogP contribution is 2.49. The Hall–Kier alpha value is -1.79. The number of thioether (sulfide) groups is 1. The third kappa shape index (κ3) is 3.05. The molecule has 1 aromatic carbocycles. The third-order valence-electron chi connectivity index (χ3n) is 5.21.